The van der Waals surface area contributed by atoms with E-state index in [0.29, 0.717) is 0 Å². The molecule has 12 heteroatoms. The number of hydrogen-bond donors (Lipinski definition) is 0. The van der Waals surface area contributed by atoms with Crippen LogP contribution in [0.1, 0.15) is 11.4 Å². The Labute approximate surface area is 109 Å². The van der Waals surface area contributed by atoms with Crippen LogP contribution in [-0.4, -0.2) is 15.5 Å². The maximum absolute atomic E-state index is 11.6. The van der Waals surface area contributed by atoms with Crippen LogP contribution in [0.25, 0.3) is 22.8 Å². The molecule has 0 unspecified atom stereocenters. The lowest BCUT2D eigenvalue weighted by molar-refractivity contribution is -0.807. The van der Waals surface area contributed by atoms with Crippen LogP contribution in [0.2, 0.25) is 0 Å². The molecule has 0 aliphatic carbocycles. The zero-order valence-electron chi connectivity index (χ0n) is 10.1. The zero-order chi connectivity index (χ0) is 14.4. The summed E-state index contributed by atoms with van der Waals surface area (Å²) >= 11 is 0. The van der Waals surface area contributed by atoms with Crippen LogP contribution >= 0.6 is 0 Å². The molecule has 0 amide bonds. The summed E-state index contributed by atoms with van der Waals surface area (Å²) < 4.78 is 13.2. The predicted octanol–water partition coefficient (Wildman–Crippen LogP) is -1.50. The summed E-state index contributed by atoms with van der Waals surface area (Å²) in [7, 11) is 0. The highest BCUT2D eigenvalue weighted by atomic mass is 16.8. The second kappa shape index (κ2) is 3.91. The summed E-state index contributed by atoms with van der Waals surface area (Å²) in [4.78, 5) is 0.297. The molecule has 3 aromatic rings. The molecule has 12 nitrogen and oxygen atoms in total. The first-order valence-corrected chi connectivity index (χ1v) is 5.23. The Morgan fingerprint density at radius 2 is 1.15 bits per heavy atom. The smallest absolute Gasteiger partial charge is 0.310 e. The molecule has 0 radical (unpaired) electrons. The largest absolute Gasteiger partial charge is 0.359 e. The van der Waals surface area contributed by atoms with E-state index in [0.717, 1.165) is 0 Å². The molecule has 0 saturated heterocycles. The van der Waals surface area contributed by atoms with Gasteiger partial charge in [-0.2, -0.15) is 0 Å². The third kappa shape index (κ3) is 1.47. The molecule has 0 saturated carbocycles. The van der Waals surface area contributed by atoms with Crippen LogP contribution in [0.15, 0.2) is 13.9 Å². The number of rotatable bonds is 2. The van der Waals surface area contributed by atoms with E-state index >= 15 is 0 Å². The van der Waals surface area contributed by atoms with E-state index in [-0.39, 0.29) is 48.9 Å². The Balaban J connectivity index is 2.25. The summed E-state index contributed by atoms with van der Waals surface area (Å²) in [5, 5.41) is 44.5. The van der Waals surface area contributed by atoms with Crippen molar-refractivity contribution in [2.75, 3.05) is 0 Å². The Morgan fingerprint density at radius 1 is 0.700 bits per heavy atom. The molecule has 0 aliphatic rings. The minimum absolute atomic E-state index is 0.00630. The van der Waals surface area contributed by atoms with Crippen LogP contribution in [0.5, 0.6) is 0 Å². The number of aromatic nitrogens is 6. The summed E-state index contributed by atoms with van der Waals surface area (Å²) in [6, 6.07) is 0. The van der Waals surface area contributed by atoms with E-state index in [1.807, 2.05) is 0 Å². The second-order valence-electron chi connectivity index (χ2n) is 3.86. The van der Waals surface area contributed by atoms with Crippen LogP contribution in [0.3, 0.4) is 0 Å². The first-order chi connectivity index (χ1) is 9.50. The van der Waals surface area contributed by atoms with Crippen molar-refractivity contribution in [3.05, 3.63) is 27.0 Å². The average Bonchev–Trinajstić information content (AvgIpc) is 3.04. The lowest BCUT2D eigenvalue weighted by Crippen LogP contribution is -2.29. The molecule has 0 aliphatic heterocycles. The van der Waals surface area contributed by atoms with Crippen molar-refractivity contribution in [1.29, 1.82) is 0 Å². The second-order valence-corrected chi connectivity index (χ2v) is 3.86. The molecular weight excluding hydrogens is 276 g/mol. The quantitative estimate of drug-likeness (QED) is 0.509. The Morgan fingerprint density at radius 3 is 1.65 bits per heavy atom. The highest BCUT2D eigenvalue weighted by Crippen LogP contribution is 2.27. The standard InChI is InChI=1S/C8H6N6O6/c1-3-5(9-18-12(3)15)7-8(14(17)20-11-7)6-4(2)13(16)19-10-6/h1-2H3. The third-order valence-electron chi connectivity index (χ3n) is 2.71. The van der Waals surface area contributed by atoms with Gasteiger partial charge in [0.05, 0.1) is 15.5 Å². The van der Waals surface area contributed by atoms with E-state index in [2.05, 4.69) is 29.4 Å². The fourth-order valence-electron chi connectivity index (χ4n) is 1.61. The molecule has 0 spiro atoms. The molecule has 0 fully saturated rings. The van der Waals surface area contributed by atoms with Crippen molar-refractivity contribution >= 4 is 0 Å². The summed E-state index contributed by atoms with van der Waals surface area (Å²) in [6.45, 7) is 2.80. The van der Waals surface area contributed by atoms with E-state index < -0.39 is 0 Å². The van der Waals surface area contributed by atoms with Crippen LogP contribution in [-0.2, 0) is 0 Å². The predicted molar refractivity (Wildman–Crippen MR) is 53.9 cm³/mol. The minimum Gasteiger partial charge on any atom is -0.359 e. The topological polar surface area (TPSA) is 159 Å². The lowest BCUT2D eigenvalue weighted by atomic mass is 10.1. The van der Waals surface area contributed by atoms with Gasteiger partial charge in [0.15, 0.2) is 0 Å². The SMILES string of the molecule is Cc1c(-c2no[n+]([O-])c2-c2no[n+]([O-])c2C)no[n+]1[O-]. The molecule has 3 rings (SSSR count). The van der Waals surface area contributed by atoms with Crippen molar-refractivity contribution in [3.8, 4) is 22.8 Å². The molecule has 20 heavy (non-hydrogen) atoms. The Bertz CT molecular complexity index is 788. The fourth-order valence-corrected chi connectivity index (χ4v) is 1.61. The molecular formula is C8H6N6O6. The molecule has 0 aromatic carbocycles. The monoisotopic (exact) mass is 282 g/mol. The average molecular weight is 282 g/mol. The minimum atomic E-state index is -0.210. The van der Waals surface area contributed by atoms with Crippen LogP contribution < -0.4 is 14.7 Å². The van der Waals surface area contributed by atoms with Crippen molar-refractivity contribution in [2.24, 2.45) is 0 Å². The molecule has 3 heterocycles. The van der Waals surface area contributed by atoms with Gasteiger partial charge in [-0.15, -0.1) is 0 Å². The third-order valence-corrected chi connectivity index (χ3v) is 2.71. The molecule has 0 N–H and O–H groups in total. The van der Waals surface area contributed by atoms with E-state index in [9.17, 15) is 15.6 Å². The van der Waals surface area contributed by atoms with E-state index in [4.69, 9.17) is 0 Å². The van der Waals surface area contributed by atoms with Gasteiger partial charge in [0, 0.05) is 13.8 Å². The van der Waals surface area contributed by atoms with Gasteiger partial charge in [0.2, 0.25) is 11.4 Å². The van der Waals surface area contributed by atoms with Gasteiger partial charge in [-0.25, -0.2) is 0 Å². The van der Waals surface area contributed by atoms with Gasteiger partial charge in [0.25, 0.3) is 11.4 Å². The zero-order valence-corrected chi connectivity index (χ0v) is 10.1. The van der Waals surface area contributed by atoms with Gasteiger partial charge in [-0.3, -0.25) is 13.9 Å². The summed E-state index contributed by atoms with van der Waals surface area (Å²) in [6.07, 6.45) is 0. The van der Waals surface area contributed by atoms with Crippen molar-refractivity contribution < 1.29 is 28.6 Å². The summed E-state index contributed by atoms with van der Waals surface area (Å²) in [5.74, 6) is 0. The highest BCUT2D eigenvalue weighted by molar-refractivity contribution is 5.71. The van der Waals surface area contributed by atoms with Gasteiger partial charge >= 0.3 is 11.4 Å². The van der Waals surface area contributed by atoms with Gasteiger partial charge in [-0.05, 0) is 14.7 Å². The number of nitrogens with zero attached hydrogens (tertiary/aromatic N) is 6. The Kier molecular flexibility index (Phi) is 2.32. The Hall–Kier alpha value is -3.18. The van der Waals surface area contributed by atoms with E-state index in [1.54, 1.807) is 0 Å². The molecule has 3 aromatic heterocycles. The maximum Gasteiger partial charge on any atom is 0.310 e. The van der Waals surface area contributed by atoms with Crippen molar-refractivity contribution in [2.45, 2.75) is 13.8 Å². The first kappa shape index (κ1) is 11.9. The first-order valence-electron chi connectivity index (χ1n) is 5.23. The molecule has 104 valence electrons. The van der Waals surface area contributed by atoms with Gasteiger partial charge < -0.3 is 15.6 Å². The fraction of sp³-hybridized carbons (Fsp3) is 0.250. The van der Waals surface area contributed by atoms with Gasteiger partial charge in [-0.1, -0.05) is 0 Å². The van der Waals surface area contributed by atoms with Crippen molar-refractivity contribution in [3.63, 3.8) is 0 Å². The van der Waals surface area contributed by atoms with Crippen LogP contribution in [0, 0.1) is 29.5 Å². The molecule has 0 atom stereocenters. The summed E-state index contributed by atoms with van der Waals surface area (Å²) in [5.41, 5.74) is -0.295. The van der Waals surface area contributed by atoms with Gasteiger partial charge in [0.1, 0.15) is 0 Å². The number of hydrogen-bond acceptors (Lipinski definition) is 9. The lowest BCUT2D eigenvalue weighted by Gasteiger charge is -1.89. The molecule has 0 bridgehead atoms. The van der Waals surface area contributed by atoms with Crippen molar-refractivity contribution in [1.82, 2.24) is 15.5 Å². The van der Waals surface area contributed by atoms with Crippen LogP contribution in [0.4, 0.5) is 0 Å². The maximum atomic E-state index is 11.6. The highest BCUT2D eigenvalue weighted by Gasteiger charge is 2.37. The normalized spacial score (nSPS) is 11.1. The van der Waals surface area contributed by atoms with E-state index in [1.165, 1.54) is 13.8 Å².